The lowest BCUT2D eigenvalue weighted by Gasteiger charge is -2.05. The summed E-state index contributed by atoms with van der Waals surface area (Å²) in [5, 5.41) is 8.73. The van der Waals surface area contributed by atoms with E-state index in [0.29, 0.717) is 30.2 Å². The second-order valence-electron chi connectivity index (χ2n) is 4.47. The number of amides is 1. The van der Waals surface area contributed by atoms with Crippen molar-refractivity contribution in [2.24, 2.45) is 0 Å². The lowest BCUT2D eigenvalue weighted by atomic mass is 10.2. The summed E-state index contributed by atoms with van der Waals surface area (Å²) in [7, 11) is 0. The van der Waals surface area contributed by atoms with Gasteiger partial charge in [-0.15, -0.1) is 11.3 Å². The first-order valence-corrected chi connectivity index (χ1v) is 8.30. The number of nitrogens with one attached hydrogen (secondary N) is 1. The van der Waals surface area contributed by atoms with Crippen molar-refractivity contribution in [3.63, 3.8) is 0 Å². The van der Waals surface area contributed by atoms with Gasteiger partial charge in [0.05, 0.1) is 10.4 Å². The molecule has 0 aliphatic carbocycles. The van der Waals surface area contributed by atoms with Gasteiger partial charge in [-0.1, -0.05) is 23.4 Å². The molecule has 2 aromatic heterocycles. The van der Waals surface area contributed by atoms with E-state index in [1.165, 1.54) is 0 Å². The molecule has 112 valence electrons. The van der Waals surface area contributed by atoms with Gasteiger partial charge in [-0.3, -0.25) is 4.79 Å². The summed E-state index contributed by atoms with van der Waals surface area (Å²) in [6.07, 6.45) is 0.495. The molecule has 1 aromatic carbocycles. The van der Waals surface area contributed by atoms with Crippen molar-refractivity contribution in [2.75, 3.05) is 6.54 Å². The van der Waals surface area contributed by atoms with Gasteiger partial charge in [0.15, 0.2) is 0 Å². The fourth-order valence-electron chi connectivity index (χ4n) is 1.89. The van der Waals surface area contributed by atoms with E-state index in [1.54, 1.807) is 17.4 Å². The summed E-state index contributed by atoms with van der Waals surface area (Å²) >= 11 is 4.92. The molecule has 1 amide bonds. The van der Waals surface area contributed by atoms with Crippen molar-refractivity contribution in [3.8, 4) is 10.7 Å². The third-order valence-electron chi connectivity index (χ3n) is 2.95. The Bertz CT molecular complexity index is 771. The number of benzene rings is 1. The van der Waals surface area contributed by atoms with E-state index in [0.717, 1.165) is 9.35 Å². The molecule has 0 radical (unpaired) electrons. The van der Waals surface area contributed by atoms with Crippen LogP contribution in [0.15, 0.2) is 50.8 Å². The van der Waals surface area contributed by atoms with Gasteiger partial charge in [-0.2, -0.15) is 4.98 Å². The Labute approximate surface area is 139 Å². The minimum absolute atomic E-state index is 0.134. The van der Waals surface area contributed by atoms with E-state index >= 15 is 0 Å². The lowest BCUT2D eigenvalue weighted by molar-refractivity contribution is 0.0952. The third-order valence-corrected chi connectivity index (χ3v) is 4.51. The highest BCUT2D eigenvalue weighted by Crippen LogP contribution is 2.21. The molecule has 22 heavy (non-hydrogen) atoms. The predicted molar refractivity (Wildman–Crippen MR) is 87.8 cm³/mol. The first-order chi connectivity index (χ1) is 10.7. The molecule has 0 aliphatic heterocycles. The van der Waals surface area contributed by atoms with Crippen LogP contribution < -0.4 is 5.32 Å². The number of carbonyl (C=O) groups excluding carboxylic acids is 1. The summed E-state index contributed by atoms with van der Waals surface area (Å²) in [4.78, 5) is 17.3. The van der Waals surface area contributed by atoms with Crippen LogP contribution in [0.2, 0.25) is 0 Å². The van der Waals surface area contributed by atoms with Crippen LogP contribution >= 0.6 is 27.3 Å². The summed E-state index contributed by atoms with van der Waals surface area (Å²) in [5.41, 5.74) is 0.604. The van der Waals surface area contributed by atoms with Gasteiger partial charge in [0.25, 0.3) is 5.91 Å². The zero-order chi connectivity index (χ0) is 15.4. The Morgan fingerprint density at radius 1 is 1.27 bits per heavy atom. The van der Waals surface area contributed by atoms with Gasteiger partial charge in [-0.05, 0) is 39.5 Å². The van der Waals surface area contributed by atoms with E-state index in [-0.39, 0.29) is 5.91 Å². The van der Waals surface area contributed by atoms with Crippen LogP contribution in [-0.4, -0.2) is 22.6 Å². The van der Waals surface area contributed by atoms with Crippen molar-refractivity contribution >= 4 is 33.2 Å². The fraction of sp³-hybridized carbons (Fsp3) is 0.133. The Hall–Kier alpha value is -1.99. The number of halogens is 1. The molecular formula is C15H12BrN3O2S. The molecule has 0 bridgehead atoms. The average Bonchev–Trinajstić information content (AvgIpc) is 3.18. The zero-order valence-electron chi connectivity index (χ0n) is 11.5. The van der Waals surface area contributed by atoms with Crippen LogP contribution in [0.4, 0.5) is 0 Å². The van der Waals surface area contributed by atoms with Gasteiger partial charge < -0.3 is 9.84 Å². The molecule has 0 fully saturated rings. The molecular weight excluding hydrogens is 366 g/mol. The monoisotopic (exact) mass is 377 g/mol. The van der Waals surface area contributed by atoms with Crippen molar-refractivity contribution in [2.45, 2.75) is 6.42 Å². The molecule has 0 atom stereocenters. The first-order valence-electron chi connectivity index (χ1n) is 6.63. The highest BCUT2D eigenvalue weighted by Gasteiger charge is 2.11. The Morgan fingerprint density at radius 3 is 2.91 bits per heavy atom. The average molecular weight is 378 g/mol. The van der Waals surface area contributed by atoms with E-state index < -0.39 is 0 Å². The van der Waals surface area contributed by atoms with Crippen LogP contribution in [-0.2, 0) is 6.42 Å². The van der Waals surface area contributed by atoms with Gasteiger partial charge in [0.1, 0.15) is 0 Å². The van der Waals surface area contributed by atoms with Crippen LogP contribution in [0.3, 0.4) is 0 Å². The smallest absolute Gasteiger partial charge is 0.252 e. The van der Waals surface area contributed by atoms with Crippen molar-refractivity contribution < 1.29 is 9.32 Å². The van der Waals surface area contributed by atoms with E-state index in [4.69, 9.17) is 4.52 Å². The standard InChI is InChI=1S/C15H12BrN3O2S/c16-11-5-2-1-4-10(11)15(20)17-8-7-13-18-14(19-21-13)12-6-3-9-22-12/h1-6,9H,7-8H2,(H,17,20). The number of hydrogen-bond acceptors (Lipinski definition) is 5. The number of thiophene rings is 1. The summed E-state index contributed by atoms with van der Waals surface area (Å²) in [5.74, 6) is 0.962. The second kappa shape index (κ2) is 6.85. The molecule has 1 N–H and O–H groups in total. The Balaban J connectivity index is 1.55. The number of rotatable bonds is 5. The normalized spacial score (nSPS) is 10.6. The summed E-state index contributed by atoms with van der Waals surface area (Å²) < 4.78 is 5.95. The molecule has 0 saturated carbocycles. The maximum absolute atomic E-state index is 12.0. The molecule has 5 nitrogen and oxygen atoms in total. The van der Waals surface area contributed by atoms with Gasteiger partial charge >= 0.3 is 0 Å². The van der Waals surface area contributed by atoms with Crippen molar-refractivity contribution in [1.82, 2.24) is 15.5 Å². The van der Waals surface area contributed by atoms with Crippen LogP contribution in [0.5, 0.6) is 0 Å². The van der Waals surface area contributed by atoms with Crippen LogP contribution in [0, 0.1) is 0 Å². The number of nitrogens with zero attached hydrogens (tertiary/aromatic N) is 2. The van der Waals surface area contributed by atoms with Gasteiger partial charge in [-0.25, -0.2) is 0 Å². The Kier molecular flexibility index (Phi) is 4.65. The fourth-order valence-corrected chi connectivity index (χ4v) is 3.00. The van der Waals surface area contributed by atoms with Gasteiger partial charge in [0, 0.05) is 17.4 Å². The molecule has 3 rings (SSSR count). The minimum atomic E-state index is -0.134. The Morgan fingerprint density at radius 2 is 2.14 bits per heavy atom. The highest BCUT2D eigenvalue weighted by molar-refractivity contribution is 9.10. The predicted octanol–water partition coefficient (Wildman–Crippen LogP) is 3.53. The number of carbonyl (C=O) groups is 1. The number of aromatic nitrogens is 2. The number of hydrogen-bond donors (Lipinski definition) is 1. The highest BCUT2D eigenvalue weighted by atomic mass is 79.9. The van der Waals surface area contributed by atoms with Crippen molar-refractivity contribution in [3.05, 3.63) is 57.7 Å². The topological polar surface area (TPSA) is 68.0 Å². The van der Waals surface area contributed by atoms with Crippen molar-refractivity contribution in [1.29, 1.82) is 0 Å². The molecule has 0 aliphatic rings. The molecule has 7 heteroatoms. The molecule has 0 saturated heterocycles. The van der Waals surface area contributed by atoms with Gasteiger partial charge in [0.2, 0.25) is 11.7 Å². The SMILES string of the molecule is O=C(NCCc1nc(-c2cccs2)no1)c1ccccc1Br. The molecule has 3 aromatic rings. The molecule has 0 spiro atoms. The quantitative estimate of drug-likeness (QED) is 0.738. The van der Waals surface area contributed by atoms with Crippen LogP contribution in [0.25, 0.3) is 10.7 Å². The summed E-state index contributed by atoms with van der Waals surface area (Å²) in [6, 6.07) is 11.2. The lowest BCUT2D eigenvalue weighted by Crippen LogP contribution is -2.26. The minimum Gasteiger partial charge on any atom is -0.351 e. The first kappa shape index (κ1) is 14.9. The second-order valence-corrected chi connectivity index (χ2v) is 6.28. The molecule has 0 unspecified atom stereocenters. The largest absolute Gasteiger partial charge is 0.351 e. The van der Waals surface area contributed by atoms with Crippen LogP contribution in [0.1, 0.15) is 16.2 Å². The maximum Gasteiger partial charge on any atom is 0.252 e. The third kappa shape index (κ3) is 3.42. The van der Waals surface area contributed by atoms with E-state index in [9.17, 15) is 4.79 Å². The zero-order valence-corrected chi connectivity index (χ0v) is 13.9. The van der Waals surface area contributed by atoms with E-state index in [1.807, 2.05) is 35.7 Å². The summed E-state index contributed by atoms with van der Waals surface area (Å²) in [6.45, 7) is 0.437. The maximum atomic E-state index is 12.0. The molecule has 2 heterocycles. The van der Waals surface area contributed by atoms with E-state index in [2.05, 4.69) is 31.4 Å².